The SMILES string of the molecule is Cc1c[nH]c2ncnc(Oc3ccc(CC(N)C(=O)NCCCN(C)C)cc3F)c12. The van der Waals surface area contributed by atoms with E-state index in [1.54, 1.807) is 12.3 Å². The topological polar surface area (TPSA) is 109 Å². The fourth-order valence-electron chi connectivity index (χ4n) is 3.10. The minimum absolute atomic E-state index is 0.0426. The summed E-state index contributed by atoms with van der Waals surface area (Å²) in [7, 11) is 3.95. The van der Waals surface area contributed by atoms with E-state index in [0.717, 1.165) is 18.5 Å². The lowest BCUT2D eigenvalue weighted by molar-refractivity contribution is -0.122. The van der Waals surface area contributed by atoms with Crippen LogP contribution in [0.3, 0.4) is 0 Å². The van der Waals surface area contributed by atoms with E-state index >= 15 is 0 Å². The van der Waals surface area contributed by atoms with Gasteiger partial charge in [-0.15, -0.1) is 0 Å². The smallest absolute Gasteiger partial charge is 0.237 e. The van der Waals surface area contributed by atoms with Crippen molar-refractivity contribution in [1.82, 2.24) is 25.2 Å². The number of ether oxygens (including phenoxy) is 1. The molecule has 0 saturated heterocycles. The molecule has 2 heterocycles. The number of amides is 1. The van der Waals surface area contributed by atoms with Crippen molar-refractivity contribution >= 4 is 16.9 Å². The van der Waals surface area contributed by atoms with Crippen LogP contribution in [0.25, 0.3) is 11.0 Å². The Labute approximate surface area is 174 Å². The Kier molecular flexibility index (Phi) is 6.96. The van der Waals surface area contributed by atoms with Crippen LogP contribution < -0.4 is 15.8 Å². The zero-order valence-electron chi connectivity index (χ0n) is 17.4. The first kappa shape index (κ1) is 21.7. The maximum absolute atomic E-state index is 14.6. The second-order valence-electron chi connectivity index (χ2n) is 7.50. The molecule has 0 saturated carbocycles. The van der Waals surface area contributed by atoms with Crippen molar-refractivity contribution in [3.63, 3.8) is 0 Å². The Morgan fingerprint density at radius 3 is 2.90 bits per heavy atom. The lowest BCUT2D eigenvalue weighted by atomic mass is 10.1. The van der Waals surface area contributed by atoms with Crippen LogP contribution in [0.1, 0.15) is 17.5 Å². The minimum atomic E-state index is -0.750. The van der Waals surface area contributed by atoms with E-state index in [1.807, 2.05) is 25.9 Å². The van der Waals surface area contributed by atoms with Gasteiger partial charge in [-0.2, -0.15) is 0 Å². The van der Waals surface area contributed by atoms with Crippen molar-refractivity contribution in [2.45, 2.75) is 25.8 Å². The number of nitrogens with zero attached hydrogens (tertiary/aromatic N) is 3. The van der Waals surface area contributed by atoms with Gasteiger partial charge in [0.2, 0.25) is 11.8 Å². The maximum Gasteiger partial charge on any atom is 0.237 e. The molecule has 0 spiro atoms. The molecule has 30 heavy (non-hydrogen) atoms. The molecule has 9 heteroatoms. The highest BCUT2D eigenvalue weighted by Gasteiger charge is 2.16. The first-order chi connectivity index (χ1) is 14.3. The van der Waals surface area contributed by atoms with Crippen molar-refractivity contribution < 1.29 is 13.9 Å². The average molecular weight is 414 g/mol. The van der Waals surface area contributed by atoms with E-state index < -0.39 is 11.9 Å². The van der Waals surface area contributed by atoms with Gasteiger partial charge in [-0.3, -0.25) is 4.79 Å². The molecule has 0 radical (unpaired) electrons. The number of halogens is 1. The van der Waals surface area contributed by atoms with Crippen molar-refractivity contribution in [1.29, 1.82) is 0 Å². The van der Waals surface area contributed by atoms with Crippen LogP contribution in [0, 0.1) is 12.7 Å². The second kappa shape index (κ2) is 9.64. The number of hydrogen-bond acceptors (Lipinski definition) is 6. The number of fused-ring (bicyclic) bond motifs is 1. The van der Waals surface area contributed by atoms with Crippen LogP contribution in [0.2, 0.25) is 0 Å². The second-order valence-corrected chi connectivity index (χ2v) is 7.50. The van der Waals surface area contributed by atoms with Crippen LogP contribution in [0.5, 0.6) is 11.6 Å². The summed E-state index contributed by atoms with van der Waals surface area (Å²) < 4.78 is 20.3. The van der Waals surface area contributed by atoms with Crippen LogP contribution in [-0.4, -0.2) is 59.0 Å². The molecule has 1 atom stereocenters. The van der Waals surface area contributed by atoms with Gasteiger partial charge in [0.15, 0.2) is 11.6 Å². The third kappa shape index (κ3) is 5.31. The Balaban J connectivity index is 1.62. The molecule has 1 amide bonds. The Bertz CT molecular complexity index is 1020. The molecule has 0 bridgehead atoms. The molecular formula is C21H27FN6O2. The molecular weight excluding hydrogens is 387 g/mol. The van der Waals surface area contributed by atoms with E-state index in [4.69, 9.17) is 10.5 Å². The van der Waals surface area contributed by atoms with Crippen LogP contribution >= 0.6 is 0 Å². The minimum Gasteiger partial charge on any atom is -0.435 e. The number of benzene rings is 1. The third-order valence-electron chi connectivity index (χ3n) is 4.71. The predicted octanol–water partition coefficient (Wildman–Crippen LogP) is 2.14. The van der Waals surface area contributed by atoms with Gasteiger partial charge in [-0.1, -0.05) is 6.07 Å². The maximum atomic E-state index is 14.6. The van der Waals surface area contributed by atoms with Crippen molar-refractivity contribution in [2.24, 2.45) is 5.73 Å². The van der Waals surface area contributed by atoms with E-state index in [1.165, 1.54) is 18.5 Å². The number of H-pyrrole nitrogens is 1. The summed E-state index contributed by atoms with van der Waals surface area (Å²) >= 11 is 0. The Morgan fingerprint density at radius 2 is 2.17 bits per heavy atom. The molecule has 3 rings (SSSR count). The van der Waals surface area contributed by atoms with Crippen molar-refractivity contribution in [3.05, 3.63) is 47.7 Å². The van der Waals surface area contributed by atoms with E-state index in [0.29, 0.717) is 23.1 Å². The molecule has 1 unspecified atom stereocenters. The normalized spacial score (nSPS) is 12.3. The summed E-state index contributed by atoms with van der Waals surface area (Å²) in [6.07, 6.45) is 4.21. The largest absolute Gasteiger partial charge is 0.435 e. The predicted molar refractivity (Wildman–Crippen MR) is 113 cm³/mol. The molecule has 0 aliphatic carbocycles. The number of rotatable bonds is 9. The lowest BCUT2D eigenvalue weighted by Crippen LogP contribution is -2.42. The van der Waals surface area contributed by atoms with Gasteiger partial charge in [-0.05, 0) is 63.7 Å². The van der Waals surface area contributed by atoms with Crippen molar-refractivity contribution in [2.75, 3.05) is 27.2 Å². The highest BCUT2D eigenvalue weighted by Crippen LogP contribution is 2.30. The van der Waals surface area contributed by atoms with Gasteiger partial charge in [-0.25, -0.2) is 14.4 Å². The summed E-state index contributed by atoms with van der Waals surface area (Å²) in [5, 5.41) is 3.51. The number of aromatic amines is 1. The molecule has 160 valence electrons. The molecule has 0 fully saturated rings. The fourth-order valence-corrected chi connectivity index (χ4v) is 3.10. The molecule has 4 N–H and O–H groups in total. The number of carbonyl (C=O) groups excluding carboxylic acids is 1. The number of hydrogen-bond donors (Lipinski definition) is 3. The summed E-state index contributed by atoms with van der Waals surface area (Å²) in [4.78, 5) is 25.4. The zero-order valence-corrected chi connectivity index (χ0v) is 17.4. The highest BCUT2D eigenvalue weighted by atomic mass is 19.1. The molecule has 2 aromatic heterocycles. The molecule has 3 aromatic rings. The van der Waals surface area contributed by atoms with Gasteiger partial charge in [0.25, 0.3) is 0 Å². The van der Waals surface area contributed by atoms with Crippen LogP contribution in [-0.2, 0) is 11.2 Å². The number of nitrogens with one attached hydrogen (secondary N) is 2. The average Bonchev–Trinajstić information content (AvgIpc) is 3.09. The Hall–Kier alpha value is -3.04. The lowest BCUT2D eigenvalue weighted by Gasteiger charge is -2.14. The third-order valence-corrected chi connectivity index (χ3v) is 4.71. The first-order valence-electron chi connectivity index (χ1n) is 9.78. The van der Waals surface area contributed by atoms with Gasteiger partial charge >= 0.3 is 0 Å². The van der Waals surface area contributed by atoms with Gasteiger partial charge < -0.3 is 25.7 Å². The van der Waals surface area contributed by atoms with E-state index in [-0.39, 0.29) is 24.0 Å². The molecule has 8 nitrogen and oxygen atoms in total. The monoisotopic (exact) mass is 414 g/mol. The molecule has 0 aliphatic rings. The van der Waals surface area contributed by atoms with Crippen LogP contribution in [0.4, 0.5) is 4.39 Å². The van der Waals surface area contributed by atoms with Crippen LogP contribution in [0.15, 0.2) is 30.7 Å². The van der Waals surface area contributed by atoms with E-state index in [9.17, 15) is 9.18 Å². The quantitative estimate of drug-likeness (QED) is 0.463. The summed E-state index contributed by atoms with van der Waals surface area (Å²) in [5.74, 6) is -0.480. The summed E-state index contributed by atoms with van der Waals surface area (Å²) in [6, 6.07) is 3.79. The van der Waals surface area contributed by atoms with Gasteiger partial charge in [0.05, 0.1) is 11.4 Å². The zero-order chi connectivity index (χ0) is 21.7. The standard InChI is InChI=1S/C21H27FN6O2/c1-13-11-25-19-18(13)21(27-12-26-19)30-17-6-5-14(9-15(17)22)10-16(23)20(29)24-7-4-8-28(2)3/h5-6,9,11-12,16H,4,7-8,10,23H2,1-3H3,(H,24,29)(H,25,26,27). The Morgan fingerprint density at radius 1 is 1.37 bits per heavy atom. The number of aromatic nitrogens is 3. The number of carbonyl (C=O) groups is 1. The summed E-state index contributed by atoms with van der Waals surface area (Å²) in [6.45, 7) is 3.32. The van der Waals surface area contributed by atoms with E-state index in [2.05, 4.69) is 20.3 Å². The number of aryl methyl sites for hydroxylation is 1. The van der Waals surface area contributed by atoms with Gasteiger partial charge in [0, 0.05) is 12.7 Å². The molecule has 0 aliphatic heterocycles. The highest BCUT2D eigenvalue weighted by molar-refractivity contribution is 5.84. The molecule has 1 aromatic carbocycles. The van der Waals surface area contributed by atoms with Crippen molar-refractivity contribution in [3.8, 4) is 11.6 Å². The van der Waals surface area contributed by atoms with Gasteiger partial charge in [0.1, 0.15) is 12.0 Å². The fraction of sp³-hybridized carbons (Fsp3) is 0.381. The number of nitrogens with two attached hydrogens (primary N) is 1. The summed E-state index contributed by atoms with van der Waals surface area (Å²) in [5.41, 5.74) is 8.11. The first-order valence-corrected chi connectivity index (χ1v) is 9.78.